The molecular formula is C34H55NO4SSi. The zero-order valence-electron chi connectivity index (χ0n) is 27.9. The van der Waals surface area contributed by atoms with Crippen molar-refractivity contribution in [3.63, 3.8) is 0 Å². The van der Waals surface area contributed by atoms with Crippen LogP contribution in [0.3, 0.4) is 0 Å². The molecule has 0 amide bonds. The van der Waals surface area contributed by atoms with E-state index in [4.69, 9.17) is 9.16 Å². The van der Waals surface area contributed by atoms with Gasteiger partial charge in [0.15, 0.2) is 8.32 Å². The molecule has 0 bridgehead atoms. The molecule has 230 valence electrons. The molecule has 0 saturated carbocycles. The summed E-state index contributed by atoms with van der Waals surface area (Å²) in [5, 5.41) is 3.05. The van der Waals surface area contributed by atoms with Crippen LogP contribution in [0.4, 0.5) is 0 Å². The average Bonchev–Trinajstić information content (AvgIpc) is 3.26. The van der Waals surface area contributed by atoms with E-state index in [0.717, 1.165) is 22.7 Å². The number of thiazole rings is 1. The van der Waals surface area contributed by atoms with Crippen molar-refractivity contribution in [1.29, 1.82) is 0 Å². The number of Topliss-reactive ketones (excluding diaryl/α,β-unsaturated/α-hetero) is 1. The predicted molar refractivity (Wildman–Crippen MR) is 175 cm³/mol. The minimum atomic E-state index is -2.14. The van der Waals surface area contributed by atoms with E-state index in [-0.39, 0.29) is 53.2 Å². The Labute approximate surface area is 255 Å². The van der Waals surface area contributed by atoms with Crippen molar-refractivity contribution in [3.8, 4) is 0 Å². The highest BCUT2D eigenvalue weighted by Gasteiger charge is 2.45. The zero-order chi connectivity index (χ0) is 31.3. The van der Waals surface area contributed by atoms with Gasteiger partial charge in [-0.15, -0.1) is 11.3 Å². The lowest BCUT2D eigenvalue weighted by Gasteiger charge is -2.43. The maximum absolute atomic E-state index is 14.1. The Kier molecular flexibility index (Phi) is 12.2. The standard InChI is InChI=1S/C34H55NO4SSi/c1-22-15-14-16-23(2)31(39-41(12,13)33(7,8)9)26(5)32(37)34(10,11)25(4)20-30(36)38-29(18-17-22)24(3)19-28-21-40-27(6)35-28/h14,16-17,19,21,23,25-26,29,31H,15,18,20H2,1-13H3/b16-14+,22-17-,24-19+/t23-,25-,26+,29?,31-/m0/s1. The van der Waals surface area contributed by atoms with Crippen molar-refractivity contribution in [1.82, 2.24) is 4.98 Å². The third-order valence-electron chi connectivity index (χ3n) is 9.36. The number of carbonyl (C=O) groups excluding carboxylic acids is 2. The number of cyclic esters (lactones) is 1. The van der Waals surface area contributed by atoms with E-state index in [9.17, 15) is 9.59 Å². The van der Waals surface area contributed by atoms with Crippen LogP contribution in [0, 0.1) is 30.1 Å². The quantitative estimate of drug-likeness (QED) is 0.195. The molecule has 0 fully saturated rings. The summed E-state index contributed by atoms with van der Waals surface area (Å²) >= 11 is 1.60. The Morgan fingerprint density at radius 2 is 1.80 bits per heavy atom. The van der Waals surface area contributed by atoms with Crippen molar-refractivity contribution >= 4 is 37.5 Å². The summed E-state index contributed by atoms with van der Waals surface area (Å²) in [5.74, 6) is -0.587. The Balaban J connectivity index is 2.48. The van der Waals surface area contributed by atoms with Crippen LogP contribution in [-0.2, 0) is 18.8 Å². The summed E-state index contributed by atoms with van der Waals surface area (Å²) in [6, 6.07) is 0. The maximum Gasteiger partial charge on any atom is 0.306 e. The largest absolute Gasteiger partial charge is 0.457 e. The van der Waals surface area contributed by atoms with Gasteiger partial charge in [-0.25, -0.2) is 4.98 Å². The van der Waals surface area contributed by atoms with Crippen LogP contribution in [0.2, 0.25) is 18.1 Å². The second-order valence-corrected chi connectivity index (χ2v) is 20.1. The number of nitrogens with zero attached hydrogens (tertiary/aromatic N) is 1. The number of rotatable bonds is 4. The molecule has 1 aromatic rings. The molecule has 1 aromatic heterocycles. The summed E-state index contributed by atoms with van der Waals surface area (Å²) < 4.78 is 13.0. The second-order valence-electron chi connectivity index (χ2n) is 14.3. The fourth-order valence-electron chi connectivity index (χ4n) is 4.94. The number of esters is 1. The van der Waals surface area contributed by atoms with Gasteiger partial charge in [0, 0.05) is 29.6 Å². The molecule has 0 N–H and O–H groups in total. The van der Waals surface area contributed by atoms with Crippen molar-refractivity contribution in [2.45, 2.75) is 126 Å². The van der Waals surface area contributed by atoms with E-state index in [2.05, 4.69) is 70.9 Å². The first-order chi connectivity index (χ1) is 18.8. The molecule has 2 heterocycles. The summed E-state index contributed by atoms with van der Waals surface area (Å²) in [7, 11) is -2.14. The van der Waals surface area contributed by atoms with Crippen molar-refractivity contribution < 1.29 is 18.8 Å². The maximum atomic E-state index is 14.1. The van der Waals surface area contributed by atoms with Crippen molar-refractivity contribution in [3.05, 3.63) is 45.5 Å². The monoisotopic (exact) mass is 601 g/mol. The van der Waals surface area contributed by atoms with E-state index < -0.39 is 13.7 Å². The number of hydrogen-bond donors (Lipinski definition) is 0. The predicted octanol–water partition coefficient (Wildman–Crippen LogP) is 9.35. The molecule has 5 atom stereocenters. The summed E-state index contributed by atoms with van der Waals surface area (Å²) in [6.45, 7) is 27.4. The van der Waals surface area contributed by atoms with Gasteiger partial charge in [-0.2, -0.15) is 0 Å². The first kappa shape index (κ1) is 35.4. The van der Waals surface area contributed by atoms with E-state index in [1.807, 2.05) is 53.0 Å². The van der Waals surface area contributed by atoms with Gasteiger partial charge in [-0.1, -0.05) is 79.2 Å². The number of aromatic nitrogens is 1. The first-order valence-electron chi connectivity index (χ1n) is 15.1. The summed E-state index contributed by atoms with van der Waals surface area (Å²) in [5.41, 5.74) is 2.33. The zero-order valence-corrected chi connectivity index (χ0v) is 29.7. The van der Waals surface area contributed by atoms with Gasteiger partial charge in [0.1, 0.15) is 11.9 Å². The van der Waals surface area contributed by atoms with Crippen LogP contribution in [-0.4, -0.2) is 37.3 Å². The van der Waals surface area contributed by atoms with E-state index in [1.165, 1.54) is 5.57 Å². The van der Waals surface area contributed by atoms with Crippen molar-refractivity contribution in [2.24, 2.45) is 23.2 Å². The van der Waals surface area contributed by atoms with Gasteiger partial charge < -0.3 is 9.16 Å². The van der Waals surface area contributed by atoms with Gasteiger partial charge in [0.05, 0.1) is 16.8 Å². The molecule has 0 spiro atoms. The third-order valence-corrected chi connectivity index (χ3v) is 14.6. The smallest absolute Gasteiger partial charge is 0.306 e. The molecular weight excluding hydrogens is 547 g/mol. The fraction of sp³-hybridized carbons (Fsp3) is 0.676. The van der Waals surface area contributed by atoms with Crippen LogP contribution in [0.25, 0.3) is 6.08 Å². The van der Waals surface area contributed by atoms with Crippen LogP contribution in [0.5, 0.6) is 0 Å². The van der Waals surface area contributed by atoms with Gasteiger partial charge in [0.2, 0.25) is 0 Å². The van der Waals surface area contributed by atoms with E-state index in [0.29, 0.717) is 6.42 Å². The van der Waals surface area contributed by atoms with E-state index >= 15 is 0 Å². The molecule has 0 radical (unpaired) electrons. The van der Waals surface area contributed by atoms with Crippen LogP contribution >= 0.6 is 11.3 Å². The number of allylic oxidation sites excluding steroid dienone is 2. The van der Waals surface area contributed by atoms with Crippen LogP contribution < -0.4 is 0 Å². The van der Waals surface area contributed by atoms with E-state index in [1.54, 1.807) is 11.3 Å². The lowest BCUT2D eigenvalue weighted by atomic mass is 9.69. The molecule has 0 aliphatic carbocycles. The normalized spacial score (nSPS) is 29.9. The number of ketones is 1. The molecule has 2 rings (SSSR count). The van der Waals surface area contributed by atoms with Gasteiger partial charge >= 0.3 is 5.97 Å². The minimum Gasteiger partial charge on any atom is -0.457 e. The Morgan fingerprint density at radius 1 is 1.17 bits per heavy atom. The minimum absolute atomic E-state index is 0.0295. The third kappa shape index (κ3) is 9.59. The Bertz CT molecular complexity index is 1150. The SMILES string of the molecule is C/C1=C/CC(/C(C)=C/c2csc(C)n2)OC(=O)C[C@H](C)C(C)(C)C(=O)[C@H](C)[C@@H](O[Si](C)(C)C(C)(C)C)[C@@H](C)/C=C/C1. The molecule has 7 heteroatoms. The van der Waals surface area contributed by atoms with Gasteiger partial charge in [-0.05, 0) is 68.8 Å². The molecule has 5 nitrogen and oxygen atoms in total. The number of hydrogen-bond acceptors (Lipinski definition) is 6. The highest BCUT2D eigenvalue weighted by Crippen LogP contribution is 2.41. The van der Waals surface area contributed by atoms with Gasteiger partial charge in [0.25, 0.3) is 0 Å². The summed E-state index contributed by atoms with van der Waals surface area (Å²) in [6.07, 6.45) is 9.53. The average molecular weight is 602 g/mol. The highest BCUT2D eigenvalue weighted by molar-refractivity contribution is 7.09. The van der Waals surface area contributed by atoms with Crippen LogP contribution in [0.15, 0.2) is 34.8 Å². The lowest BCUT2D eigenvalue weighted by Crippen LogP contribution is -2.50. The molecule has 1 aliphatic rings. The van der Waals surface area contributed by atoms with Gasteiger partial charge in [-0.3, -0.25) is 9.59 Å². The second kappa shape index (κ2) is 14.1. The topological polar surface area (TPSA) is 65.5 Å². The summed E-state index contributed by atoms with van der Waals surface area (Å²) in [4.78, 5) is 32.0. The molecule has 41 heavy (non-hydrogen) atoms. The molecule has 0 saturated heterocycles. The molecule has 1 aliphatic heterocycles. The lowest BCUT2D eigenvalue weighted by molar-refractivity contribution is -0.150. The number of carbonyl (C=O) groups is 2. The fourth-order valence-corrected chi connectivity index (χ4v) is 6.96. The Morgan fingerprint density at radius 3 is 2.37 bits per heavy atom. The Hall–Kier alpha value is -1.83. The number of aryl methyl sites for hydroxylation is 1. The first-order valence-corrected chi connectivity index (χ1v) is 18.9. The number of ether oxygens (including phenoxy) is 1. The molecule has 1 unspecified atom stereocenters. The van der Waals surface area contributed by atoms with Crippen LogP contribution in [0.1, 0.15) is 99.2 Å². The van der Waals surface area contributed by atoms with Crippen molar-refractivity contribution in [2.75, 3.05) is 0 Å². The molecule has 0 aromatic carbocycles. The highest BCUT2D eigenvalue weighted by atomic mass is 32.1.